The molecular weight excluding hydrogens is 599 g/mol. The first kappa shape index (κ1) is 28.6. The fourth-order valence-corrected chi connectivity index (χ4v) is 7.10. The van der Waals surface area contributed by atoms with E-state index in [1.165, 1.54) is 5.56 Å². The molecule has 0 saturated heterocycles. The molecule has 1 unspecified atom stereocenters. The SMILES string of the molecule is c1ccc(-c2nc(-c3ccccc3)nc(-c3ccc(C4(c5ccc(-c6ccccn6)cc5)c5ccccc5-c5ncccc54)cc3)n2)cc1. The summed E-state index contributed by atoms with van der Waals surface area (Å²) in [6, 6.07) is 56.6. The smallest absolute Gasteiger partial charge is 0.164 e. The van der Waals surface area contributed by atoms with E-state index in [4.69, 9.17) is 19.9 Å². The van der Waals surface area contributed by atoms with Crippen LogP contribution in [0.25, 0.3) is 56.7 Å². The molecule has 0 bridgehead atoms. The van der Waals surface area contributed by atoms with Crippen molar-refractivity contribution in [2.24, 2.45) is 0 Å². The van der Waals surface area contributed by atoms with Gasteiger partial charge < -0.3 is 0 Å². The predicted molar refractivity (Wildman–Crippen MR) is 194 cm³/mol. The number of hydrogen-bond donors (Lipinski definition) is 0. The fourth-order valence-electron chi connectivity index (χ4n) is 7.10. The first-order chi connectivity index (χ1) is 24.3. The minimum Gasteiger partial charge on any atom is -0.256 e. The lowest BCUT2D eigenvalue weighted by Gasteiger charge is -2.33. The van der Waals surface area contributed by atoms with E-state index >= 15 is 0 Å². The summed E-state index contributed by atoms with van der Waals surface area (Å²) in [6.07, 6.45) is 3.72. The third-order valence-corrected chi connectivity index (χ3v) is 9.35. The Bertz CT molecular complexity index is 2310. The summed E-state index contributed by atoms with van der Waals surface area (Å²) in [4.78, 5) is 24.3. The second-order valence-electron chi connectivity index (χ2n) is 12.1. The van der Waals surface area contributed by atoms with E-state index in [-0.39, 0.29) is 0 Å². The van der Waals surface area contributed by atoms with Gasteiger partial charge in [0.05, 0.1) is 16.8 Å². The van der Waals surface area contributed by atoms with E-state index < -0.39 is 5.41 Å². The minimum atomic E-state index is -0.579. The van der Waals surface area contributed by atoms with Gasteiger partial charge in [0.2, 0.25) is 0 Å². The second-order valence-corrected chi connectivity index (χ2v) is 12.1. The maximum Gasteiger partial charge on any atom is 0.164 e. The number of pyridine rings is 2. The van der Waals surface area contributed by atoms with E-state index in [0.29, 0.717) is 17.5 Å². The average Bonchev–Trinajstić information content (AvgIpc) is 3.50. The lowest BCUT2D eigenvalue weighted by Crippen LogP contribution is -2.28. The number of fused-ring (bicyclic) bond motifs is 3. The first-order valence-electron chi connectivity index (χ1n) is 16.3. The molecule has 0 N–H and O–H groups in total. The molecule has 0 saturated carbocycles. The summed E-state index contributed by atoms with van der Waals surface area (Å²) < 4.78 is 0. The molecule has 9 rings (SSSR count). The maximum atomic E-state index is 4.97. The molecule has 5 aromatic carbocycles. The Kier molecular flexibility index (Phi) is 6.95. The Morgan fingerprint density at radius 2 is 0.837 bits per heavy atom. The Morgan fingerprint density at radius 3 is 1.43 bits per heavy atom. The van der Waals surface area contributed by atoms with E-state index in [1.54, 1.807) is 0 Å². The van der Waals surface area contributed by atoms with Gasteiger partial charge in [-0.3, -0.25) is 9.97 Å². The van der Waals surface area contributed by atoms with Crippen molar-refractivity contribution in [2.45, 2.75) is 5.41 Å². The van der Waals surface area contributed by atoms with Crippen LogP contribution in [0.2, 0.25) is 0 Å². The van der Waals surface area contributed by atoms with Gasteiger partial charge in [-0.15, -0.1) is 0 Å². The fraction of sp³-hybridized carbons (Fsp3) is 0.0227. The summed E-state index contributed by atoms with van der Waals surface area (Å²) in [5.41, 5.74) is 11.1. The van der Waals surface area contributed by atoms with Gasteiger partial charge >= 0.3 is 0 Å². The molecule has 0 fully saturated rings. The van der Waals surface area contributed by atoms with E-state index in [9.17, 15) is 0 Å². The van der Waals surface area contributed by atoms with Gasteiger partial charge in [0.1, 0.15) is 0 Å². The molecule has 1 atom stereocenters. The van der Waals surface area contributed by atoms with Crippen molar-refractivity contribution in [3.8, 4) is 56.7 Å². The highest BCUT2D eigenvalue weighted by Gasteiger charge is 2.46. The largest absolute Gasteiger partial charge is 0.256 e. The molecule has 5 nitrogen and oxygen atoms in total. The van der Waals surface area contributed by atoms with Gasteiger partial charge in [-0.25, -0.2) is 15.0 Å². The number of hydrogen-bond acceptors (Lipinski definition) is 5. The normalized spacial score (nSPS) is 14.6. The zero-order valence-corrected chi connectivity index (χ0v) is 26.5. The molecule has 1 aliphatic rings. The van der Waals surface area contributed by atoms with Crippen molar-refractivity contribution in [2.75, 3.05) is 0 Å². The third kappa shape index (κ3) is 4.83. The maximum absolute atomic E-state index is 4.97. The number of benzene rings is 5. The van der Waals surface area contributed by atoms with E-state index in [2.05, 4.69) is 83.8 Å². The van der Waals surface area contributed by atoms with Crippen LogP contribution in [-0.2, 0) is 5.41 Å². The average molecular weight is 628 g/mol. The van der Waals surface area contributed by atoms with Crippen LogP contribution in [0.1, 0.15) is 22.3 Å². The van der Waals surface area contributed by atoms with Gasteiger partial charge in [0.25, 0.3) is 0 Å². The molecule has 8 aromatic rings. The molecule has 3 aromatic heterocycles. The summed E-state index contributed by atoms with van der Waals surface area (Å²) in [7, 11) is 0. The van der Waals surface area contributed by atoms with E-state index in [0.717, 1.165) is 55.9 Å². The summed E-state index contributed by atoms with van der Waals surface area (Å²) in [5.74, 6) is 1.91. The Hall–Kier alpha value is -6.59. The molecular formula is C44H29N5. The van der Waals surface area contributed by atoms with Crippen LogP contribution in [0.15, 0.2) is 176 Å². The quantitative estimate of drug-likeness (QED) is 0.184. The molecule has 3 heterocycles. The number of aromatic nitrogens is 5. The van der Waals surface area contributed by atoms with Crippen LogP contribution < -0.4 is 0 Å². The first-order valence-corrected chi connectivity index (χ1v) is 16.3. The van der Waals surface area contributed by atoms with Gasteiger partial charge in [-0.2, -0.15) is 0 Å². The molecule has 0 aliphatic heterocycles. The molecule has 0 amide bonds. The van der Waals surface area contributed by atoms with Crippen LogP contribution in [0.5, 0.6) is 0 Å². The van der Waals surface area contributed by atoms with Crippen LogP contribution in [0, 0.1) is 0 Å². The zero-order chi connectivity index (χ0) is 32.6. The highest BCUT2D eigenvalue weighted by atomic mass is 15.0. The van der Waals surface area contributed by atoms with Crippen molar-refractivity contribution in [3.05, 3.63) is 198 Å². The third-order valence-electron chi connectivity index (χ3n) is 9.35. The van der Waals surface area contributed by atoms with Crippen LogP contribution in [0.4, 0.5) is 0 Å². The Morgan fingerprint density at radius 1 is 0.347 bits per heavy atom. The van der Waals surface area contributed by atoms with Gasteiger partial charge in [0.15, 0.2) is 17.5 Å². The molecule has 0 radical (unpaired) electrons. The van der Waals surface area contributed by atoms with Gasteiger partial charge in [0, 0.05) is 40.2 Å². The molecule has 0 spiro atoms. The molecule has 5 heteroatoms. The predicted octanol–water partition coefficient (Wildman–Crippen LogP) is 9.69. The lowest BCUT2D eigenvalue weighted by molar-refractivity contribution is 0.766. The number of nitrogens with zero attached hydrogens (tertiary/aromatic N) is 5. The van der Waals surface area contributed by atoms with Crippen molar-refractivity contribution in [3.63, 3.8) is 0 Å². The van der Waals surface area contributed by atoms with Crippen LogP contribution in [-0.4, -0.2) is 24.9 Å². The monoisotopic (exact) mass is 627 g/mol. The van der Waals surface area contributed by atoms with Gasteiger partial charge in [-0.1, -0.05) is 146 Å². The summed E-state index contributed by atoms with van der Waals surface area (Å²) in [6.45, 7) is 0. The van der Waals surface area contributed by atoms with E-state index in [1.807, 2.05) is 97.3 Å². The minimum absolute atomic E-state index is 0.579. The topological polar surface area (TPSA) is 64.5 Å². The zero-order valence-electron chi connectivity index (χ0n) is 26.5. The highest BCUT2D eigenvalue weighted by molar-refractivity contribution is 5.84. The lowest BCUT2D eigenvalue weighted by atomic mass is 9.67. The van der Waals surface area contributed by atoms with Gasteiger partial charge in [-0.05, 0) is 40.5 Å². The molecule has 230 valence electrons. The van der Waals surface area contributed by atoms with Crippen molar-refractivity contribution >= 4 is 0 Å². The van der Waals surface area contributed by atoms with Crippen LogP contribution >= 0.6 is 0 Å². The van der Waals surface area contributed by atoms with Crippen molar-refractivity contribution < 1.29 is 0 Å². The Labute approximate surface area is 284 Å². The second kappa shape index (κ2) is 11.9. The molecule has 1 aliphatic carbocycles. The van der Waals surface area contributed by atoms with Crippen molar-refractivity contribution in [1.82, 2.24) is 24.9 Å². The van der Waals surface area contributed by atoms with Crippen LogP contribution in [0.3, 0.4) is 0 Å². The summed E-state index contributed by atoms with van der Waals surface area (Å²) in [5, 5.41) is 0. The standard InChI is InChI=1S/C44H29N5/c1-3-12-31(13-4-1)41-47-42(32-14-5-2-6-15-32)49-43(48-41)33-22-26-35(27-23-33)44(34-24-20-30(21-25-34)39-19-9-10-28-45-39)37-17-8-7-16-36(37)40-38(44)18-11-29-46-40/h1-29H. The number of rotatable bonds is 6. The summed E-state index contributed by atoms with van der Waals surface area (Å²) >= 11 is 0. The Balaban J connectivity index is 1.21. The highest BCUT2D eigenvalue weighted by Crippen LogP contribution is 2.55. The van der Waals surface area contributed by atoms with Crippen molar-refractivity contribution in [1.29, 1.82) is 0 Å². The molecule has 49 heavy (non-hydrogen) atoms.